The summed E-state index contributed by atoms with van der Waals surface area (Å²) < 4.78 is 46.1. The van der Waals surface area contributed by atoms with Crippen LogP contribution in [0.15, 0.2) is 60.7 Å². The number of hydrogen-bond acceptors (Lipinski definition) is 7. The molecule has 4 amide bonds. The molecule has 4 saturated heterocycles. The fourth-order valence-corrected chi connectivity index (χ4v) is 7.84. The van der Waals surface area contributed by atoms with E-state index in [-0.39, 0.29) is 49.5 Å². The molecule has 7 rings (SSSR count). The Kier molecular flexibility index (Phi) is 8.39. The highest BCUT2D eigenvalue weighted by Gasteiger charge is 2.68. The number of rotatable bonds is 10. The maximum atomic E-state index is 15.0. The molecular formula is C37H38F2N4O7. The predicted octanol–water partition coefficient (Wildman–Crippen LogP) is 3.76. The maximum Gasteiger partial charge on any atom is 0.262 e. The number of nitrogens with zero attached hydrogens (tertiary/aromatic N) is 3. The quantitative estimate of drug-likeness (QED) is 0.323. The number of nitrogens with one attached hydrogen (secondary N) is 1. The minimum Gasteiger partial charge on any atom is -0.496 e. The van der Waals surface area contributed by atoms with Crippen LogP contribution in [0.4, 0.5) is 14.5 Å². The summed E-state index contributed by atoms with van der Waals surface area (Å²) in [5.74, 6) is -1.23. The van der Waals surface area contributed by atoms with E-state index < -0.39 is 34.8 Å². The summed E-state index contributed by atoms with van der Waals surface area (Å²) in [5, 5.41) is 2.79. The number of amides is 4. The molecule has 0 saturated carbocycles. The van der Waals surface area contributed by atoms with Crippen molar-refractivity contribution in [1.29, 1.82) is 0 Å². The van der Waals surface area contributed by atoms with Crippen molar-refractivity contribution in [3.63, 3.8) is 0 Å². The number of alkyl halides is 1. The lowest BCUT2D eigenvalue weighted by Crippen LogP contribution is -2.74. The Morgan fingerprint density at radius 2 is 1.58 bits per heavy atom. The number of piperidine rings is 1. The van der Waals surface area contributed by atoms with Crippen LogP contribution in [0.2, 0.25) is 0 Å². The molecule has 4 aliphatic heterocycles. The first-order chi connectivity index (χ1) is 24.0. The van der Waals surface area contributed by atoms with Gasteiger partial charge in [0.15, 0.2) is 17.7 Å². The summed E-state index contributed by atoms with van der Waals surface area (Å²) in [5.41, 5.74) is 0.695. The van der Waals surface area contributed by atoms with Gasteiger partial charge in [0.05, 0.1) is 26.2 Å². The standard InChI is InChI=1S/C37H38F2N4O7/c1-22-32(39)33(45)43(27-9-7-26(38)8-10-27)37(22)21-41(35(37)47)17-23-5-4-6-24(13-23)19-50-30-15-28(48-2)25(14-29(30)49-3)18-42-20-36(34(42)46)11-12-40-31(44)16-36/h4-10,13-15,22,32H,11-12,16-21H2,1-3H3,(H,40,44). The highest BCUT2D eigenvalue weighted by atomic mass is 19.1. The van der Waals surface area contributed by atoms with Gasteiger partial charge in [-0.05, 0) is 47.9 Å². The zero-order valence-electron chi connectivity index (χ0n) is 28.0. The molecule has 4 unspecified atom stereocenters. The maximum absolute atomic E-state index is 15.0. The predicted molar refractivity (Wildman–Crippen MR) is 177 cm³/mol. The normalized spacial score (nSPS) is 25.9. The fraction of sp³-hybridized carbons (Fsp3) is 0.405. The number of β-lactam (4-membered cyclic amide) rings is 2. The van der Waals surface area contributed by atoms with E-state index in [1.54, 1.807) is 36.0 Å². The highest BCUT2D eigenvalue weighted by Crippen LogP contribution is 2.48. The summed E-state index contributed by atoms with van der Waals surface area (Å²) in [6.07, 6.45) is -0.997. The van der Waals surface area contributed by atoms with Gasteiger partial charge in [0.1, 0.15) is 23.7 Å². The summed E-state index contributed by atoms with van der Waals surface area (Å²) in [6.45, 7) is 3.43. The third-order valence-electron chi connectivity index (χ3n) is 10.6. The Bertz CT molecular complexity index is 1870. The number of methoxy groups -OCH3 is 2. The Labute approximate surface area is 288 Å². The molecule has 11 nitrogen and oxygen atoms in total. The Morgan fingerprint density at radius 3 is 2.26 bits per heavy atom. The zero-order valence-corrected chi connectivity index (χ0v) is 28.0. The first kappa shape index (κ1) is 33.3. The van der Waals surface area contributed by atoms with Gasteiger partial charge in [0.2, 0.25) is 11.8 Å². The summed E-state index contributed by atoms with van der Waals surface area (Å²) >= 11 is 0. The number of hydrogen-bond donors (Lipinski definition) is 1. The molecule has 2 spiro atoms. The van der Waals surface area contributed by atoms with Crippen molar-refractivity contribution in [2.75, 3.05) is 38.8 Å². The molecule has 0 bridgehead atoms. The number of ether oxygens (including phenoxy) is 3. The molecule has 3 aromatic carbocycles. The van der Waals surface area contributed by atoms with Crippen LogP contribution >= 0.6 is 0 Å². The third-order valence-corrected chi connectivity index (χ3v) is 10.6. The van der Waals surface area contributed by atoms with Crippen LogP contribution in [0, 0.1) is 17.2 Å². The monoisotopic (exact) mass is 688 g/mol. The highest BCUT2D eigenvalue weighted by molar-refractivity contribution is 6.12. The average Bonchev–Trinajstić information content (AvgIpc) is 3.32. The smallest absolute Gasteiger partial charge is 0.262 e. The van der Waals surface area contributed by atoms with Crippen LogP contribution in [-0.2, 0) is 38.9 Å². The molecule has 4 fully saturated rings. The molecule has 4 heterocycles. The van der Waals surface area contributed by atoms with Crippen molar-refractivity contribution < 1.29 is 42.2 Å². The molecular weight excluding hydrogens is 650 g/mol. The first-order valence-electron chi connectivity index (χ1n) is 16.5. The number of likely N-dealkylation sites (tertiary alicyclic amines) is 2. The minimum absolute atomic E-state index is 0.0354. The van der Waals surface area contributed by atoms with E-state index in [1.165, 1.54) is 36.3 Å². The van der Waals surface area contributed by atoms with E-state index in [9.17, 15) is 23.6 Å². The molecule has 0 aromatic heterocycles. The Hall–Kier alpha value is -5.20. The van der Waals surface area contributed by atoms with E-state index in [2.05, 4.69) is 5.32 Å². The summed E-state index contributed by atoms with van der Waals surface area (Å²) in [6, 6.07) is 16.2. The third kappa shape index (κ3) is 5.39. The van der Waals surface area contributed by atoms with Gasteiger partial charge in [0, 0.05) is 55.8 Å². The molecule has 1 N–H and O–H groups in total. The van der Waals surface area contributed by atoms with Crippen LogP contribution in [0.5, 0.6) is 17.2 Å². The van der Waals surface area contributed by atoms with Gasteiger partial charge in [-0.2, -0.15) is 0 Å². The number of halogens is 2. The van der Waals surface area contributed by atoms with E-state index in [0.29, 0.717) is 43.3 Å². The number of benzene rings is 3. The lowest BCUT2D eigenvalue weighted by atomic mass is 9.71. The van der Waals surface area contributed by atoms with Crippen molar-refractivity contribution in [2.24, 2.45) is 11.3 Å². The van der Waals surface area contributed by atoms with E-state index in [1.807, 2.05) is 24.3 Å². The first-order valence-corrected chi connectivity index (χ1v) is 16.5. The van der Waals surface area contributed by atoms with Gasteiger partial charge in [0.25, 0.3) is 11.8 Å². The minimum atomic E-state index is -1.84. The fourth-order valence-electron chi connectivity index (χ4n) is 7.84. The summed E-state index contributed by atoms with van der Waals surface area (Å²) in [7, 11) is 3.07. The topological polar surface area (TPSA) is 118 Å². The van der Waals surface area contributed by atoms with Crippen LogP contribution in [0.3, 0.4) is 0 Å². The van der Waals surface area contributed by atoms with Gasteiger partial charge >= 0.3 is 0 Å². The molecule has 50 heavy (non-hydrogen) atoms. The van der Waals surface area contributed by atoms with E-state index in [4.69, 9.17) is 14.2 Å². The lowest BCUT2D eigenvalue weighted by Gasteiger charge is -2.52. The van der Waals surface area contributed by atoms with E-state index >= 15 is 4.39 Å². The second-order valence-electron chi connectivity index (χ2n) is 13.6. The molecule has 4 aliphatic rings. The Morgan fingerprint density at radius 1 is 0.860 bits per heavy atom. The van der Waals surface area contributed by atoms with Crippen LogP contribution in [0.1, 0.15) is 36.5 Å². The van der Waals surface area contributed by atoms with Crippen molar-refractivity contribution in [3.05, 3.63) is 83.2 Å². The number of carbonyl (C=O) groups excluding carboxylic acids is 4. The van der Waals surface area contributed by atoms with Gasteiger partial charge in [-0.1, -0.05) is 31.2 Å². The van der Waals surface area contributed by atoms with Gasteiger partial charge in [-0.25, -0.2) is 8.78 Å². The van der Waals surface area contributed by atoms with E-state index in [0.717, 1.165) is 16.7 Å². The molecule has 4 atom stereocenters. The lowest BCUT2D eigenvalue weighted by molar-refractivity contribution is -0.167. The van der Waals surface area contributed by atoms with Crippen LogP contribution < -0.4 is 24.4 Å². The van der Waals surface area contributed by atoms with Crippen molar-refractivity contribution >= 4 is 29.3 Å². The molecule has 0 radical (unpaired) electrons. The number of carbonyl (C=O) groups is 4. The second-order valence-corrected chi connectivity index (χ2v) is 13.6. The average molecular weight is 689 g/mol. The van der Waals surface area contributed by atoms with Crippen molar-refractivity contribution in [3.8, 4) is 17.2 Å². The molecule has 0 aliphatic carbocycles. The van der Waals surface area contributed by atoms with Crippen molar-refractivity contribution in [1.82, 2.24) is 15.1 Å². The van der Waals surface area contributed by atoms with Crippen LogP contribution in [-0.4, -0.2) is 79.0 Å². The zero-order chi connectivity index (χ0) is 35.4. The molecule has 3 aromatic rings. The molecule has 262 valence electrons. The van der Waals surface area contributed by atoms with Gasteiger partial charge in [-0.15, -0.1) is 0 Å². The van der Waals surface area contributed by atoms with Crippen LogP contribution in [0.25, 0.3) is 0 Å². The second kappa shape index (κ2) is 12.6. The SMILES string of the molecule is COc1cc(OCc2cccc(CN3CC4(C3=O)C(C)C(F)C(=O)N4c3ccc(F)cc3)c2)c(OC)cc1CN1CC2(CCNC(=O)C2)C1=O. The Balaban J connectivity index is 1.01. The number of anilines is 1. The van der Waals surface area contributed by atoms with Gasteiger partial charge in [-0.3, -0.25) is 24.1 Å². The van der Waals surface area contributed by atoms with Gasteiger partial charge < -0.3 is 29.3 Å². The van der Waals surface area contributed by atoms with Crippen molar-refractivity contribution in [2.45, 2.75) is 51.2 Å². The summed E-state index contributed by atoms with van der Waals surface area (Å²) in [4.78, 5) is 56.1. The molecule has 13 heteroatoms. The largest absolute Gasteiger partial charge is 0.496 e.